The van der Waals surface area contributed by atoms with E-state index in [1.807, 2.05) is 20.8 Å². The molecule has 1 rings (SSSR count). The van der Waals surface area contributed by atoms with Crippen LogP contribution in [0.4, 0.5) is 4.79 Å². The fourth-order valence-electron chi connectivity index (χ4n) is 2.44. The van der Waals surface area contributed by atoms with Gasteiger partial charge < -0.3 is 15.0 Å². The second-order valence-corrected chi connectivity index (χ2v) is 6.24. The van der Waals surface area contributed by atoms with Crippen LogP contribution in [0.5, 0.6) is 0 Å². The van der Waals surface area contributed by atoms with Crippen molar-refractivity contribution in [3.63, 3.8) is 0 Å². The fraction of sp³-hybridized carbons (Fsp3) is 0.786. The van der Waals surface area contributed by atoms with Gasteiger partial charge in [-0.25, -0.2) is 4.79 Å². The molecular weight excluding hydrogens is 260 g/mol. The summed E-state index contributed by atoms with van der Waals surface area (Å²) in [5.41, 5.74) is -0.463. The first kappa shape index (κ1) is 16.5. The number of amides is 2. The summed E-state index contributed by atoms with van der Waals surface area (Å²) < 4.78 is 4.58. The maximum Gasteiger partial charge on any atom is 0.407 e. The van der Waals surface area contributed by atoms with Crippen molar-refractivity contribution in [3.05, 3.63) is 0 Å². The van der Waals surface area contributed by atoms with Gasteiger partial charge in [0, 0.05) is 6.54 Å². The van der Waals surface area contributed by atoms with E-state index in [1.54, 1.807) is 4.90 Å². The maximum atomic E-state index is 12.7. The van der Waals surface area contributed by atoms with Gasteiger partial charge in [-0.15, -0.1) is 0 Å². The van der Waals surface area contributed by atoms with Crippen molar-refractivity contribution in [3.8, 4) is 0 Å². The summed E-state index contributed by atoms with van der Waals surface area (Å²) in [5, 5.41) is 2.58. The Morgan fingerprint density at radius 2 is 1.90 bits per heavy atom. The normalized spacial score (nSPS) is 20.4. The van der Waals surface area contributed by atoms with Crippen LogP contribution in [0, 0.1) is 5.41 Å². The van der Waals surface area contributed by atoms with Gasteiger partial charge in [-0.3, -0.25) is 9.59 Å². The van der Waals surface area contributed by atoms with Crippen LogP contribution in [0.25, 0.3) is 0 Å². The molecule has 0 aromatic rings. The van der Waals surface area contributed by atoms with Crippen LogP contribution >= 0.6 is 0 Å². The number of carbonyl (C=O) groups is 3. The molecule has 0 aromatic heterocycles. The third kappa shape index (κ3) is 3.71. The lowest BCUT2D eigenvalue weighted by Crippen LogP contribution is -2.56. The Balaban J connectivity index is 2.93. The summed E-state index contributed by atoms with van der Waals surface area (Å²) in [5.74, 6) is -0.234. The molecule has 0 aliphatic carbocycles. The lowest BCUT2D eigenvalue weighted by Gasteiger charge is -2.34. The molecule has 1 aliphatic heterocycles. The molecule has 6 nitrogen and oxygen atoms in total. The average Bonchev–Trinajstić information content (AvgIpc) is 2.82. The summed E-state index contributed by atoms with van der Waals surface area (Å²) in [4.78, 5) is 37.3. The molecule has 114 valence electrons. The topological polar surface area (TPSA) is 75.7 Å². The van der Waals surface area contributed by atoms with Gasteiger partial charge in [0.25, 0.3) is 0 Å². The van der Waals surface area contributed by atoms with Gasteiger partial charge in [-0.05, 0) is 25.2 Å². The highest BCUT2D eigenvalue weighted by Crippen LogP contribution is 2.26. The Morgan fingerprint density at radius 3 is 2.35 bits per heavy atom. The first-order chi connectivity index (χ1) is 9.18. The molecule has 1 saturated heterocycles. The number of likely N-dealkylation sites (tertiary alicyclic amines) is 1. The molecule has 1 fully saturated rings. The zero-order valence-corrected chi connectivity index (χ0v) is 12.9. The van der Waals surface area contributed by atoms with Crippen molar-refractivity contribution >= 4 is 17.8 Å². The van der Waals surface area contributed by atoms with Crippen molar-refractivity contribution in [1.29, 1.82) is 0 Å². The molecule has 6 heteroatoms. The molecular formula is C14H24N2O4. The minimum atomic E-state index is -0.713. The Labute approximate surface area is 119 Å². The zero-order chi connectivity index (χ0) is 15.5. The number of ketones is 1. The summed E-state index contributed by atoms with van der Waals surface area (Å²) in [6.07, 6.45) is 0.859. The number of ether oxygens (including phenoxy) is 1. The number of nitrogens with one attached hydrogen (secondary N) is 1. The van der Waals surface area contributed by atoms with Gasteiger partial charge in [0.1, 0.15) is 6.04 Å². The number of nitrogens with zero attached hydrogens (tertiary/aromatic N) is 1. The number of hydrogen-bond acceptors (Lipinski definition) is 4. The average molecular weight is 284 g/mol. The van der Waals surface area contributed by atoms with E-state index in [0.717, 1.165) is 6.42 Å². The standard InChI is InChI=1S/C14H24N2O4/c1-9(17)10-7-6-8-16(10)12(18)11(14(2,3)4)15-13(19)20-5/h10-11H,6-8H2,1-5H3,(H,15,19)/t10-,11+/m0/s1. The molecule has 0 saturated carbocycles. The summed E-state index contributed by atoms with van der Waals surface area (Å²) in [6, 6.07) is -1.08. The predicted molar refractivity (Wildman–Crippen MR) is 74.2 cm³/mol. The molecule has 0 spiro atoms. The van der Waals surface area contributed by atoms with E-state index in [1.165, 1.54) is 14.0 Å². The quantitative estimate of drug-likeness (QED) is 0.848. The van der Waals surface area contributed by atoms with Gasteiger partial charge in [-0.2, -0.15) is 0 Å². The van der Waals surface area contributed by atoms with Crippen molar-refractivity contribution < 1.29 is 19.1 Å². The lowest BCUT2D eigenvalue weighted by atomic mass is 9.85. The summed E-state index contributed by atoms with van der Waals surface area (Å²) >= 11 is 0. The van der Waals surface area contributed by atoms with Gasteiger partial charge >= 0.3 is 6.09 Å². The molecule has 0 unspecified atom stereocenters. The van der Waals surface area contributed by atoms with Crippen LogP contribution in [-0.2, 0) is 14.3 Å². The number of rotatable bonds is 3. The van der Waals surface area contributed by atoms with Crippen molar-refractivity contribution in [2.45, 2.75) is 52.6 Å². The SMILES string of the molecule is COC(=O)N[C@H](C(=O)N1CCC[C@H]1C(C)=O)C(C)(C)C. The number of hydrogen-bond donors (Lipinski definition) is 1. The zero-order valence-electron chi connectivity index (χ0n) is 12.9. The van der Waals surface area contributed by atoms with Crippen molar-refractivity contribution in [2.24, 2.45) is 5.41 Å². The molecule has 20 heavy (non-hydrogen) atoms. The maximum absolute atomic E-state index is 12.7. The van der Waals surface area contributed by atoms with Crippen LogP contribution < -0.4 is 5.32 Å². The molecule has 0 radical (unpaired) electrons. The predicted octanol–water partition coefficient (Wildman–Crippen LogP) is 1.34. The third-order valence-corrected chi connectivity index (χ3v) is 3.57. The van der Waals surface area contributed by atoms with Gasteiger partial charge in [0.15, 0.2) is 5.78 Å². The molecule has 1 aliphatic rings. The second kappa shape index (κ2) is 6.24. The fourth-order valence-corrected chi connectivity index (χ4v) is 2.44. The van der Waals surface area contributed by atoms with Crippen LogP contribution in [0.15, 0.2) is 0 Å². The van der Waals surface area contributed by atoms with Crippen molar-refractivity contribution in [1.82, 2.24) is 10.2 Å². The summed E-state index contributed by atoms with van der Waals surface area (Å²) in [6.45, 7) is 7.65. The molecule has 1 N–H and O–H groups in total. The third-order valence-electron chi connectivity index (χ3n) is 3.57. The van der Waals surface area contributed by atoms with Crippen LogP contribution in [0.2, 0.25) is 0 Å². The minimum absolute atomic E-state index is 0.0124. The largest absolute Gasteiger partial charge is 0.453 e. The first-order valence-electron chi connectivity index (χ1n) is 6.84. The Hall–Kier alpha value is -1.59. The Morgan fingerprint density at radius 1 is 1.30 bits per heavy atom. The molecule has 1 heterocycles. The highest BCUT2D eigenvalue weighted by Gasteiger charge is 2.40. The molecule has 2 atom stereocenters. The van der Waals surface area contributed by atoms with E-state index in [9.17, 15) is 14.4 Å². The first-order valence-corrected chi connectivity index (χ1v) is 6.84. The second-order valence-electron chi connectivity index (χ2n) is 6.24. The van der Waals surface area contributed by atoms with Crippen LogP contribution in [-0.4, -0.2) is 48.4 Å². The van der Waals surface area contributed by atoms with Gasteiger partial charge in [-0.1, -0.05) is 20.8 Å². The molecule has 0 bridgehead atoms. The monoisotopic (exact) mass is 284 g/mol. The Bertz CT molecular complexity index is 400. The lowest BCUT2D eigenvalue weighted by molar-refractivity contribution is -0.140. The molecule has 0 aromatic carbocycles. The smallest absolute Gasteiger partial charge is 0.407 e. The van der Waals surface area contributed by atoms with E-state index >= 15 is 0 Å². The number of methoxy groups -OCH3 is 1. The van der Waals surface area contributed by atoms with Crippen LogP contribution in [0.3, 0.4) is 0 Å². The summed E-state index contributed by atoms with van der Waals surface area (Å²) in [7, 11) is 1.26. The highest BCUT2D eigenvalue weighted by atomic mass is 16.5. The number of Topliss-reactive ketones (excluding diaryl/α,β-unsaturated/α-hetero) is 1. The highest BCUT2D eigenvalue weighted by molar-refractivity contribution is 5.92. The minimum Gasteiger partial charge on any atom is -0.453 e. The van der Waals surface area contributed by atoms with E-state index in [-0.39, 0.29) is 17.7 Å². The number of carbonyl (C=O) groups excluding carboxylic acids is 3. The number of alkyl carbamates (subject to hydrolysis) is 1. The van der Waals surface area contributed by atoms with E-state index in [0.29, 0.717) is 13.0 Å². The van der Waals surface area contributed by atoms with E-state index < -0.39 is 17.6 Å². The van der Waals surface area contributed by atoms with Gasteiger partial charge in [0.05, 0.1) is 13.2 Å². The van der Waals surface area contributed by atoms with E-state index in [4.69, 9.17) is 0 Å². The molecule has 2 amide bonds. The Kier molecular flexibility index (Phi) is 5.14. The van der Waals surface area contributed by atoms with Gasteiger partial charge in [0.2, 0.25) is 5.91 Å². The van der Waals surface area contributed by atoms with Crippen molar-refractivity contribution in [2.75, 3.05) is 13.7 Å². The van der Waals surface area contributed by atoms with E-state index in [2.05, 4.69) is 10.1 Å². The van der Waals surface area contributed by atoms with Crippen LogP contribution in [0.1, 0.15) is 40.5 Å².